The molecular formula is C23H34N2O3. The van der Waals surface area contributed by atoms with Crippen LogP contribution in [0.3, 0.4) is 0 Å². The summed E-state index contributed by atoms with van der Waals surface area (Å²) >= 11 is 0. The van der Waals surface area contributed by atoms with Crippen LogP contribution in [0.1, 0.15) is 38.3 Å². The van der Waals surface area contributed by atoms with Crippen molar-refractivity contribution in [3.63, 3.8) is 0 Å². The minimum Gasteiger partial charge on any atom is -0.454 e. The first-order valence-corrected chi connectivity index (χ1v) is 10.3. The van der Waals surface area contributed by atoms with E-state index in [2.05, 4.69) is 42.8 Å². The molecule has 28 heavy (non-hydrogen) atoms. The first-order valence-electron chi connectivity index (χ1n) is 10.3. The van der Waals surface area contributed by atoms with Gasteiger partial charge in [-0.25, -0.2) is 0 Å². The molecule has 1 saturated heterocycles. The second kappa shape index (κ2) is 13.1. The molecule has 0 aliphatic carbocycles. The Hall–Kier alpha value is -2.11. The molecule has 0 saturated carbocycles. The van der Waals surface area contributed by atoms with Gasteiger partial charge in [-0.15, -0.1) is 0 Å². The lowest BCUT2D eigenvalue weighted by molar-refractivity contribution is 0.0380. The fraction of sp³-hybridized carbons (Fsp3) is 0.522. The van der Waals surface area contributed by atoms with E-state index in [1.807, 2.05) is 24.4 Å². The van der Waals surface area contributed by atoms with Gasteiger partial charge in [-0.1, -0.05) is 32.9 Å². The van der Waals surface area contributed by atoms with Crippen LogP contribution < -0.4 is 9.47 Å². The SMILES string of the molecule is CCCN1CCOCC1.CCc1ccc2c(c1)OCO2.CCc1cccnc1. The predicted molar refractivity (Wildman–Crippen MR) is 113 cm³/mol. The Labute approximate surface area is 169 Å². The number of hydrogen-bond donors (Lipinski definition) is 0. The van der Waals surface area contributed by atoms with Gasteiger partial charge in [0.15, 0.2) is 11.5 Å². The second-order valence-electron chi connectivity index (χ2n) is 6.71. The van der Waals surface area contributed by atoms with E-state index in [1.165, 1.54) is 24.1 Å². The molecule has 0 atom stereocenters. The second-order valence-corrected chi connectivity index (χ2v) is 6.71. The molecule has 0 N–H and O–H groups in total. The molecule has 1 aromatic carbocycles. The van der Waals surface area contributed by atoms with Crippen LogP contribution in [0.5, 0.6) is 11.5 Å². The van der Waals surface area contributed by atoms with Crippen molar-refractivity contribution in [3.8, 4) is 11.5 Å². The molecule has 5 nitrogen and oxygen atoms in total. The predicted octanol–water partition coefficient (Wildman–Crippen LogP) is 4.35. The first-order chi connectivity index (χ1) is 13.8. The van der Waals surface area contributed by atoms with Crippen LogP contribution in [0.25, 0.3) is 0 Å². The summed E-state index contributed by atoms with van der Waals surface area (Å²) in [7, 11) is 0. The van der Waals surface area contributed by atoms with Crippen molar-refractivity contribution in [3.05, 3.63) is 53.9 Å². The maximum absolute atomic E-state index is 5.22. The monoisotopic (exact) mass is 386 g/mol. The Balaban J connectivity index is 0.000000153. The first kappa shape index (κ1) is 22.2. The zero-order chi connectivity index (χ0) is 20.0. The van der Waals surface area contributed by atoms with Crippen molar-refractivity contribution in [1.29, 1.82) is 0 Å². The zero-order valence-corrected chi connectivity index (χ0v) is 17.5. The Bertz CT molecular complexity index is 655. The van der Waals surface area contributed by atoms with Crippen LogP contribution in [0, 0.1) is 0 Å². The number of fused-ring (bicyclic) bond motifs is 1. The van der Waals surface area contributed by atoms with Gasteiger partial charge in [0.25, 0.3) is 0 Å². The van der Waals surface area contributed by atoms with Crippen molar-refractivity contribution in [1.82, 2.24) is 9.88 Å². The van der Waals surface area contributed by atoms with Gasteiger partial charge in [0.2, 0.25) is 6.79 Å². The number of nitrogens with zero attached hydrogens (tertiary/aromatic N) is 2. The summed E-state index contributed by atoms with van der Waals surface area (Å²) in [5, 5.41) is 0. The van der Waals surface area contributed by atoms with Crippen LogP contribution in [0.4, 0.5) is 0 Å². The number of benzene rings is 1. The van der Waals surface area contributed by atoms with Crippen molar-refractivity contribution < 1.29 is 14.2 Å². The Morgan fingerprint density at radius 3 is 2.29 bits per heavy atom. The van der Waals surface area contributed by atoms with Gasteiger partial charge in [-0.3, -0.25) is 9.88 Å². The number of aromatic nitrogens is 1. The van der Waals surface area contributed by atoms with E-state index in [-0.39, 0.29) is 0 Å². The molecule has 0 radical (unpaired) electrons. The Morgan fingerprint density at radius 1 is 0.929 bits per heavy atom. The third-order valence-corrected chi connectivity index (χ3v) is 4.62. The van der Waals surface area contributed by atoms with Gasteiger partial charge in [0.1, 0.15) is 0 Å². The molecule has 5 heteroatoms. The lowest BCUT2D eigenvalue weighted by Gasteiger charge is -2.25. The van der Waals surface area contributed by atoms with Crippen LogP contribution in [0.15, 0.2) is 42.7 Å². The van der Waals surface area contributed by atoms with Crippen molar-refractivity contribution in [2.75, 3.05) is 39.6 Å². The number of pyridine rings is 1. The summed E-state index contributed by atoms with van der Waals surface area (Å²) in [4.78, 5) is 6.40. The fourth-order valence-corrected chi connectivity index (χ4v) is 2.91. The molecule has 3 heterocycles. The molecule has 2 aromatic rings. The van der Waals surface area contributed by atoms with E-state index in [0.29, 0.717) is 6.79 Å². The molecule has 1 aromatic heterocycles. The molecule has 0 spiro atoms. The molecule has 2 aliphatic rings. The number of hydrogen-bond acceptors (Lipinski definition) is 5. The van der Waals surface area contributed by atoms with Crippen molar-refractivity contribution in [2.45, 2.75) is 40.0 Å². The van der Waals surface area contributed by atoms with E-state index in [9.17, 15) is 0 Å². The molecule has 2 aliphatic heterocycles. The minimum absolute atomic E-state index is 0.364. The summed E-state index contributed by atoms with van der Waals surface area (Å²) < 4.78 is 15.6. The number of morpholine rings is 1. The highest BCUT2D eigenvalue weighted by Gasteiger charge is 2.12. The molecule has 154 valence electrons. The average Bonchev–Trinajstić information content (AvgIpc) is 3.24. The zero-order valence-electron chi connectivity index (χ0n) is 17.5. The van der Waals surface area contributed by atoms with Gasteiger partial charge < -0.3 is 14.2 Å². The van der Waals surface area contributed by atoms with Crippen LogP contribution >= 0.6 is 0 Å². The van der Waals surface area contributed by atoms with E-state index in [1.54, 1.807) is 6.20 Å². The van der Waals surface area contributed by atoms with E-state index in [0.717, 1.165) is 50.6 Å². The topological polar surface area (TPSA) is 43.8 Å². The molecule has 1 fully saturated rings. The van der Waals surface area contributed by atoms with E-state index < -0.39 is 0 Å². The van der Waals surface area contributed by atoms with Crippen molar-refractivity contribution >= 4 is 0 Å². The summed E-state index contributed by atoms with van der Waals surface area (Å²) in [5.41, 5.74) is 2.58. The fourth-order valence-electron chi connectivity index (χ4n) is 2.91. The highest BCUT2D eigenvalue weighted by Crippen LogP contribution is 2.32. The normalized spacial score (nSPS) is 15.1. The van der Waals surface area contributed by atoms with Crippen LogP contribution in [0.2, 0.25) is 0 Å². The smallest absolute Gasteiger partial charge is 0.231 e. The van der Waals surface area contributed by atoms with Crippen molar-refractivity contribution in [2.24, 2.45) is 0 Å². The Morgan fingerprint density at radius 2 is 1.68 bits per heavy atom. The molecule has 4 rings (SSSR count). The van der Waals surface area contributed by atoms with E-state index in [4.69, 9.17) is 14.2 Å². The minimum atomic E-state index is 0.364. The van der Waals surface area contributed by atoms with Gasteiger partial charge in [0.05, 0.1) is 13.2 Å². The van der Waals surface area contributed by atoms with Crippen LogP contribution in [-0.4, -0.2) is 49.5 Å². The maximum Gasteiger partial charge on any atom is 0.231 e. The largest absolute Gasteiger partial charge is 0.454 e. The summed E-state index contributed by atoms with van der Waals surface area (Å²) in [5.74, 6) is 1.74. The number of aryl methyl sites for hydroxylation is 2. The summed E-state index contributed by atoms with van der Waals surface area (Å²) in [6, 6.07) is 10.1. The highest BCUT2D eigenvalue weighted by atomic mass is 16.7. The highest BCUT2D eigenvalue weighted by molar-refractivity contribution is 5.44. The third kappa shape index (κ3) is 7.87. The number of rotatable bonds is 4. The van der Waals surface area contributed by atoms with E-state index >= 15 is 0 Å². The lowest BCUT2D eigenvalue weighted by atomic mass is 10.1. The van der Waals surface area contributed by atoms with Gasteiger partial charge >= 0.3 is 0 Å². The Kier molecular flexibility index (Phi) is 10.4. The summed E-state index contributed by atoms with van der Waals surface area (Å²) in [6.07, 6.45) is 7.06. The quantitative estimate of drug-likeness (QED) is 0.782. The standard InChI is InChI=1S/C9H10O2.C7H15NO.C7H9N/c1-2-7-3-4-8-9(5-7)11-6-10-8;1-2-3-8-4-6-9-7-5-8;1-2-7-4-3-5-8-6-7/h3-5H,2,6H2,1H3;2-7H2,1H3;3-6H,2H2,1H3. The van der Waals surface area contributed by atoms with Gasteiger partial charge in [-0.05, 0) is 55.1 Å². The van der Waals surface area contributed by atoms with Gasteiger partial charge in [0, 0.05) is 25.5 Å². The maximum atomic E-state index is 5.22. The number of ether oxygens (including phenoxy) is 3. The molecule has 0 unspecified atom stereocenters. The molecular weight excluding hydrogens is 352 g/mol. The lowest BCUT2D eigenvalue weighted by Crippen LogP contribution is -2.36. The molecule has 0 bridgehead atoms. The average molecular weight is 387 g/mol. The summed E-state index contributed by atoms with van der Waals surface area (Å²) in [6.45, 7) is 12.2. The molecule has 0 amide bonds. The van der Waals surface area contributed by atoms with Gasteiger partial charge in [-0.2, -0.15) is 0 Å². The van der Waals surface area contributed by atoms with Crippen LogP contribution in [-0.2, 0) is 17.6 Å². The third-order valence-electron chi connectivity index (χ3n) is 4.62.